The lowest BCUT2D eigenvalue weighted by Gasteiger charge is -2.30. The molecular formula is C24H44O4. The normalized spacial score (nSPS) is 14.5. The fourth-order valence-electron chi connectivity index (χ4n) is 3.56. The van der Waals surface area contributed by atoms with Gasteiger partial charge in [-0.1, -0.05) is 78.9 Å². The third kappa shape index (κ3) is 11.5. The van der Waals surface area contributed by atoms with Crippen LogP contribution in [0.2, 0.25) is 0 Å². The monoisotopic (exact) mass is 396 g/mol. The lowest BCUT2D eigenvalue weighted by atomic mass is 9.75. The number of ether oxygens (including phenoxy) is 2. The van der Waals surface area contributed by atoms with E-state index in [2.05, 4.69) is 40.7 Å². The zero-order valence-corrected chi connectivity index (χ0v) is 19.4. The molecule has 0 N–H and O–H groups in total. The van der Waals surface area contributed by atoms with Gasteiger partial charge in [0.05, 0.1) is 25.6 Å². The van der Waals surface area contributed by atoms with Crippen molar-refractivity contribution in [3.05, 3.63) is 11.6 Å². The third-order valence-corrected chi connectivity index (χ3v) is 5.13. The van der Waals surface area contributed by atoms with Crippen molar-refractivity contribution in [2.45, 2.75) is 99.8 Å². The lowest BCUT2D eigenvalue weighted by molar-refractivity contribution is -0.158. The number of carbonyl (C=O) groups excluding carboxylic acids is 2. The first-order chi connectivity index (χ1) is 13.2. The Balaban J connectivity index is 5.25. The summed E-state index contributed by atoms with van der Waals surface area (Å²) in [6.07, 6.45) is 9.22. The highest BCUT2D eigenvalue weighted by Crippen LogP contribution is 2.35. The smallest absolute Gasteiger partial charge is 0.310 e. The summed E-state index contributed by atoms with van der Waals surface area (Å²) in [4.78, 5) is 25.1. The van der Waals surface area contributed by atoms with Gasteiger partial charge in [-0.25, -0.2) is 0 Å². The average Bonchev–Trinajstić information content (AvgIpc) is 2.59. The Morgan fingerprint density at radius 2 is 1.50 bits per heavy atom. The second-order valence-corrected chi connectivity index (χ2v) is 8.76. The van der Waals surface area contributed by atoms with Gasteiger partial charge in [0.1, 0.15) is 0 Å². The molecule has 28 heavy (non-hydrogen) atoms. The molecule has 0 saturated heterocycles. The van der Waals surface area contributed by atoms with E-state index in [1.165, 1.54) is 18.4 Å². The number of rotatable bonds is 15. The first kappa shape index (κ1) is 26.7. The van der Waals surface area contributed by atoms with Gasteiger partial charge in [-0.2, -0.15) is 0 Å². The predicted molar refractivity (Wildman–Crippen MR) is 116 cm³/mol. The van der Waals surface area contributed by atoms with E-state index in [1.54, 1.807) is 0 Å². The van der Waals surface area contributed by atoms with Gasteiger partial charge in [0.15, 0.2) is 0 Å². The van der Waals surface area contributed by atoms with Crippen LogP contribution in [0.3, 0.4) is 0 Å². The van der Waals surface area contributed by atoms with Crippen LogP contribution in [0.4, 0.5) is 0 Å². The Kier molecular flexibility index (Phi) is 14.0. The molecule has 164 valence electrons. The Labute approximate surface area is 173 Å². The van der Waals surface area contributed by atoms with E-state index in [-0.39, 0.29) is 18.4 Å². The second-order valence-electron chi connectivity index (χ2n) is 8.76. The number of allylic oxidation sites excluding steroid dienone is 2. The molecule has 0 bridgehead atoms. The minimum Gasteiger partial charge on any atom is -0.466 e. The molecule has 4 nitrogen and oxygen atoms in total. The van der Waals surface area contributed by atoms with E-state index in [1.807, 2.05) is 13.8 Å². The summed E-state index contributed by atoms with van der Waals surface area (Å²) in [6.45, 7) is 15.5. The molecule has 0 aromatic carbocycles. The van der Waals surface area contributed by atoms with Gasteiger partial charge >= 0.3 is 11.9 Å². The van der Waals surface area contributed by atoms with Crippen molar-refractivity contribution < 1.29 is 19.1 Å². The SMILES string of the molecule is CCCCOC(=O)CC(C(=O)OCCCC)C(C)(C)C=C(C)CC(C)CCC. The molecule has 0 radical (unpaired) electrons. The maximum atomic E-state index is 12.8. The Morgan fingerprint density at radius 3 is 2.04 bits per heavy atom. The summed E-state index contributed by atoms with van der Waals surface area (Å²) in [7, 11) is 0. The highest BCUT2D eigenvalue weighted by atomic mass is 16.5. The van der Waals surface area contributed by atoms with E-state index < -0.39 is 11.3 Å². The molecule has 0 aliphatic heterocycles. The standard InChI is InChI=1S/C24H44O4/c1-8-11-14-27-22(25)17-21(23(26)28-15-12-9-2)24(6,7)18-20(5)16-19(4)13-10-3/h18-19,21H,8-17H2,1-7H3. The zero-order chi connectivity index (χ0) is 21.6. The molecule has 0 fully saturated rings. The fourth-order valence-corrected chi connectivity index (χ4v) is 3.56. The summed E-state index contributed by atoms with van der Waals surface area (Å²) in [5.74, 6) is -0.526. The largest absolute Gasteiger partial charge is 0.466 e. The maximum Gasteiger partial charge on any atom is 0.310 e. The molecule has 0 amide bonds. The van der Waals surface area contributed by atoms with Crippen LogP contribution in [0.25, 0.3) is 0 Å². The summed E-state index contributed by atoms with van der Waals surface area (Å²) in [5.41, 5.74) is 0.792. The molecule has 0 aliphatic rings. The highest BCUT2D eigenvalue weighted by Gasteiger charge is 2.37. The van der Waals surface area contributed by atoms with Gasteiger partial charge in [0.25, 0.3) is 0 Å². The van der Waals surface area contributed by atoms with Gasteiger partial charge in [0, 0.05) is 0 Å². The topological polar surface area (TPSA) is 52.6 Å². The average molecular weight is 397 g/mol. The minimum absolute atomic E-state index is 0.0654. The van der Waals surface area contributed by atoms with E-state index in [4.69, 9.17) is 9.47 Å². The van der Waals surface area contributed by atoms with Crippen LogP contribution in [-0.2, 0) is 19.1 Å². The summed E-state index contributed by atoms with van der Waals surface area (Å²) in [6, 6.07) is 0. The second kappa shape index (κ2) is 14.6. The Hall–Kier alpha value is -1.32. The molecule has 0 aliphatic carbocycles. The lowest BCUT2D eigenvalue weighted by Crippen LogP contribution is -2.34. The number of esters is 2. The van der Waals surface area contributed by atoms with Crippen molar-refractivity contribution in [1.82, 2.24) is 0 Å². The summed E-state index contributed by atoms with van der Waals surface area (Å²) < 4.78 is 10.8. The van der Waals surface area contributed by atoms with Crippen molar-refractivity contribution >= 4 is 11.9 Å². The van der Waals surface area contributed by atoms with E-state index in [0.717, 1.165) is 32.1 Å². The van der Waals surface area contributed by atoms with Crippen LogP contribution in [0.5, 0.6) is 0 Å². The van der Waals surface area contributed by atoms with E-state index in [9.17, 15) is 9.59 Å². The number of unbranched alkanes of at least 4 members (excludes halogenated alkanes) is 2. The van der Waals surface area contributed by atoms with E-state index in [0.29, 0.717) is 19.1 Å². The molecule has 0 spiro atoms. The number of carbonyl (C=O) groups is 2. The van der Waals surface area contributed by atoms with Gasteiger partial charge in [0.2, 0.25) is 0 Å². The van der Waals surface area contributed by atoms with Gasteiger partial charge < -0.3 is 9.47 Å². The molecule has 0 aromatic heterocycles. The Bertz CT molecular complexity index is 479. The van der Waals surface area contributed by atoms with Gasteiger partial charge in [-0.05, 0) is 37.5 Å². The highest BCUT2D eigenvalue weighted by molar-refractivity contribution is 5.81. The molecular weight excluding hydrogens is 352 g/mol. The predicted octanol–water partition coefficient (Wildman–Crippen LogP) is 6.48. The zero-order valence-electron chi connectivity index (χ0n) is 19.4. The molecule has 0 saturated carbocycles. The van der Waals surface area contributed by atoms with Crippen LogP contribution >= 0.6 is 0 Å². The summed E-state index contributed by atoms with van der Waals surface area (Å²) in [5, 5.41) is 0. The van der Waals surface area contributed by atoms with Crippen LogP contribution in [-0.4, -0.2) is 25.2 Å². The van der Waals surface area contributed by atoms with Crippen LogP contribution in [0.1, 0.15) is 99.8 Å². The van der Waals surface area contributed by atoms with Crippen molar-refractivity contribution in [3.63, 3.8) is 0 Å². The van der Waals surface area contributed by atoms with Crippen LogP contribution in [0.15, 0.2) is 11.6 Å². The molecule has 2 atom stereocenters. The van der Waals surface area contributed by atoms with Gasteiger partial charge in [-0.15, -0.1) is 0 Å². The quantitative estimate of drug-likeness (QED) is 0.181. The molecule has 0 aromatic rings. The molecule has 0 heterocycles. The van der Waals surface area contributed by atoms with Crippen molar-refractivity contribution in [3.8, 4) is 0 Å². The summed E-state index contributed by atoms with van der Waals surface area (Å²) >= 11 is 0. The van der Waals surface area contributed by atoms with Crippen molar-refractivity contribution in [2.24, 2.45) is 17.3 Å². The van der Waals surface area contributed by atoms with E-state index >= 15 is 0 Å². The Morgan fingerprint density at radius 1 is 0.929 bits per heavy atom. The number of hydrogen-bond donors (Lipinski definition) is 0. The maximum absolute atomic E-state index is 12.8. The minimum atomic E-state index is -0.532. The van der Waals surface area contributed by atoms with Crippen LogP contribution < -0.4 is 0 Å². The number of hydrogen-bond acceptors (Lipinski definition) is 4. The van der Waals surface area contributed by atoms with Crippen molar-refractivity contribution in [2.75, 3.05) is 13.2 Å². The molecule has 2 unspecified atom stereocenters. The fraction of sp³-hybridized carbons (Fsp3) is 0.833. The molecule has 0 rings (SSSR count). The molecule has 4 heteroatoms. The van der Waals surface area contributed by atoms with Crippen LogP contribution in [0, 0.1) is 17.3 Å². The van der Waals surface area contributed by atoms with Crippen molar-refractivity contribution in [1.29, 1.82) is 0 Å². The third-order valence-electron chi connectivity index (χ3n) is 5.13. The first-order valence-corrected chi connectivity index (χ1v) is 11.2. The first-order valence-electron chi connectivity index (χ1n) is 11.2. The van der Waals surface area contributed by atoms with Gasteiger partial charge in [-0.3, -0.25) is 9.59 Å².